The van der Waals surface area contributed by atoms with Crippen LogP contribution in [0.25, 0.3) is 0 Å². The second kappa shape index (κ2) is 4.35. The molecule has 2 unspecified atom stereocenters. The van der Waals surface area contributed by atoms with Crippen molar-refractivity contribution >= 4 is 11.8 Å². The molecule has 2 saturated heterocycles. The summed E-state index contributed by atoms with van der Waals surface area (Å²) in [5.74, 6) is 1.06. The minimum atomic E-state index is -0.278. The van der Waals surface area contributed by atoms with E-state index in [2.05, 4.69) is 26.0 Å². The van der Waals surface area contributed by atoms with Crippen LogP contribution in [0.15, 0.2) is 23.8 Å². The summed E-state index contributed by atoms with van der Waals surface area (Å²) in [7, 11) is 0. The Morgan fingerprint density at radius 1 is 1.12 bits per heavy atom. The number of rotatable bonds is 0. The van der Waals surface area contributed by atoms with E-state index in [1.165, 1.54) is 0 Å². The van der Waals surface area contributed by atoms with Gasteiger partial charge in [-0.15, -0.1) is 0 Å². The lowest BCUT2D eigenvalue weighted by molar-refractivity contribution is -0.162. The predicted octanol–water partition coefficient (Wildman–Crippen LogP) is 3.50. The van der Waals surface area contributed by atoms with Crippen LogP contribution in [-0.4, -0.2) is 29.1 Å². The lowest BCUT2D eigenvalue weighted by Crippen LogP contribution is -2.58. The van der Waals surface area contributed by atoms with Gasteiger partial charge in [0.1, 0.15) is 11.2 Å². The average Bonchev–Trinajstić information content (AvgIpc) is 3.08. The zero-order valence-electron chi connectivity index (χ0n) is 15.5. The Hall–Kier alpha value is -1.42. The summed E-state index contributed by atoms with van der Waals surface area (Å²) in [6, 6.07) is 0. The summed E-state index contributed by atoms with van der Waals surface area (Å²) in [6.45, 7) is 4.66. The molecule has 26 heavy (non-hydrogen) atoms. The number of fused-ring (bicyclic) bond motifs is 4. The highest BCUT2D eigenvalue weighted by atomic mass is 16.6. The second-order valence-corrected chi connectivity index (χ2v) is 9.92. The minimum absolute atomic E-state index is 0.000890. The van der Waals surface area contributed by atoms with Gasteiger partial charge in [-0.05, 0) is 49.7 Å². The van der Waals surface area contributed by atoms with Crippen molar-refractivity contribution < 1.29 is 19.1 Å². The molecule has 4 aliphatic carbocycles. The summed E-state index contributed by atoms with van der Waals surface area (Å²) < 4.78 is 12.6. The second-order valence-electron chi connectivity index (χ2n) is 9.92. The van der Waals surface area contributed by atoms with Gasteiger partial charge in [-0.25, -0.2) is 0 Å². The molecule has 4 fully saturated rings. The van der Waals surface area contributed by atoms with Crippen LogP contribution in [0.4, 0.5) is 0 Å². The lowest BCUT2D eigenvalue weighted by Gasteiger charge is -2.54. The van der Waals surface area contributed by atoms with Crippen molar-refractivity contribution in [2.45, 2.75) is 76.1 Å². The van der Waals surface area contributed by atoms with Crippen LogP contribution in [0.2, 0.25) is 0 Å². The molecule has 2 aliphatic heterocycles. The van der Waals surface area contributed by atoms with Gasteiger partial charge in [0.25, 0.3) is 0 Å². The van der Waals surface area contributed by atoms with E-state index >= 15 is 0 Å². The van der Waals surface area contributed by atoms with Gasteiger partial charge in [0.05, 0.1) is 6.10 Å². The molecule has 0 N–H and O–H groups in total. The molecule has 2 saturated carbocycles. The van der Waals surface area contributed by atoms with Crippen molar-refractivity contribution in [3.8, 4) is 0 Å². The first-order valence-corrected chi connectivity index (χ1v) is 10.2. The molecule has 0 radical (unpaired) electrons. The van der Waals surface area contributed by atoms with Crippen LogP contribution in [0, 0.1) is 22.7 Å². The van der Waals surface area contributed by atoms with Gasteiger partial charge in [-0.2, -0.15) is 0 Å². The maximum Gasteiger partial charge on any atom is 0.306 e. The predicted molar refractivity (Wildman–Crippen MR) is 94.2 cm³/mol. The molecule has 0 bridgehead atoms. The minimum Gasteiger partial charge on any atom is -0.458 e. The first-order valence-electron chi connectivity index (χ1n) is 10.2. The number of esters is 1. The highest BCUT2D eigenvalue weighted by molar-refractivity contribution is 5.92. The van der Waals surface area contributed by atoms with Gasteiger partial charge < -0.3 is 9.47 Å². The van der Waals surface area contributed by atoms with Gasteiger partial charge in [-0.1, -0.05) is 26.0 Å². The van der Waals surface area contributed by atoms with Crippen molar-refractivity contribution in [1.82, 2.24) is 0 Å². The number of ketones is 1. The summed E-state index contributed by atoms with van der Waals surface area (Å²) in [4.78, 5) is 23.9. The highest BCUT2D eigenvalue weighted by Crippen LogP contribution is 2.76. The molecular weight excluding hydrogens is 328 g/mol. The van der Waals surface area contributed by atoms with E-state index in [9.17, 15) is 9.59 Å². The number of carbonyl (C=O) groups is 2. The molecule has 6 rings (SSSR count). The van der Waals surface area contributed by atoms with E-state index in [0.29, 0.717) is 24.7 Å². The third kappa shape index (κ3) is 1.47. The molecule has 4 nitrogen and oxygen atoms in total. The normalized spacial score (nSPS) is 56.4. The molecule has 0 aromatic heterocycles. The maximum absolute atomic E-state index is 12.0. The zero-order chi connectivity index (χ0) is 17.9. The van der Waals surface area contributed by atoms with E-state index in [1.807, 2.05) is 6.08 Å². The van der Waals surface area contributed by atoms with Crippen molar-refractivity contribution in [2.24, 2.45) is 22.7 Å². The lowest BCUT2D eigenvalue weighted by atomic mass is 9.47. The van der Waals surface area contributed by atoms with Gasteiger partial charge in [0.15, 0.2) is 5.78 Å². The molecule has 4 heteroatoms. The molecule has 7 atom stereocenters. The van der Waals surface area contributed by atoms with Crippen LogP contribution in [-0.2, 0) is 19.1 Å². The van der Waals surface area contributed by atoms with E-state index in [1.54, 1.807) is 0 Å². The number of carbonyl (C=O) groups excluding carboxylic acids is 2. The summed E-state index contributed by atoms with van der Waals surface area (Å²) >= 11 is 0. The topological polar surface area (TPSA) is 55.9 Å². The third-order valence-corrected chi connectivity index (χ3v) is 9.23. The van der Waals surface area contributed by atoms with Crippen LogP contribution >= 0.6 is 0 Å². The van der Waals surface area contributed by atoms with Gasteiger partial charge in [-0.3, -0.25) is 9.59 Å². The largest absolute Gasteiger partial charge is 0.458 e. The van der Waals surface area contributed by atoms with E-state index in [-0.39, 0.29) is 39.9 Å². The SMILES string of the molecule is CC12CCC(=O)C=C1C=C[C@H]1[C@@H]3CC[C@@]4(CCC(=O)O4)[C@@]3(C)C[C@@H]3OC312. The monoisotopic (exact) mass is 354 g/mol. The Kier molecular flexibility index (Phi) is 2.61. The zero-order valence-corrected chi connectivity index (χ0v) is 15.5. The van der Waals surface area contributed by atoms with Crippen molar-refractivity contribution in [2.75, 3.05) is 0 Å². The molecule has 138 valence electrons. The van der Waals surface area contributed by atoms with Gasteiger partial charge >= 0.3 is 5.97 Å². The molecule has 0 aromatic rings. The van der Waals surface area contributed by atoms with Crippen LogP contribution in [0.5, 0.6) is 0 Å². The summed E-state index contributed by atoms with van der Waals surface area (Å²) in [5.41, 5.74) is 0.679. The number of allylic oxidation sites excluding steroid dienone is 2. The Labute approximate surface area is 154 Å². The molecule has 0 amide bonds. The number of ether oxygens (including phenoxy) is 2. The first kappa shape index (κ1) is 15.6. The van der Waals surface area contributed by atoms with Crippen molar-refractivity contribution in [1.29, 1.82) is 0 Å². The van der Waals surface area contributed by atoms with Crippen LogP contribution < -0.4 is 0 Å². The Balaban J connectivity index is 1.46. The third-order valence-electron chi connectivity index (χ3n) is 9.23. The number of epoxide rings is 1. The van der Waals surface area contributed by atoms with Crippen LogP contribution in [0.1, 0.15) is 58.8 Å². The van der Waals surface area contributed by atoms with E-state index in [0.717, 1.165) is 37.7 Å². The Bertz CT molecular complexity index is 811. The fourth-order valence-corrected chi connectivity index (χ4v) is 7.73. The quantitative estimate of drug-likeness (QED) is 0.493. The Morgan fingerprint density at radius 2 is 1.96 bits per heavy atom. The smallest absolute Gasteiger partial charge is 0.306 e. The highest BCUT2D eigenvalue weighted by Gasteiger charge is 2.80. The van der Waals surface area contributed by atoms with E-state index in [4.69, 9.17) is 9.47 Å². The molecule has 6 aliphatic rings. The number of hydrogen-bond donors (Lipinski definition) is 0. The summed E-state index contributed by atoms with van der Waals surface area (Å²) in [5, 5.41) is 0. The molecule has 0 aromatic carbocycles. The molecule has 2 heterocycles. The maximum atomic E-state index is 12.0. The average molecular weight is 354 g/mol. The molecular formula is C22H26O4. The fraction of sp³-hybridized carbons (Fsp3) is 0.727. The van der Waals surface area contributed by atoms with Gasteiger partial charge in [0.2, 0.25) is 0 Å². The fourth-order valence-electron chi connectivity index (χ4n) is 7.73. The number of hydrogen-bond acceptors (Lipinski definition) is 4. The van der Waals surface area contributed by atoms with E-state index < -0.39 is 0 Å². The van der Waals surface area contributed by atoms with Crippen molar-refractivity contribution in [3.63, 3.8) is 0 Å². The standard InChI is InChI=1S/C22H26O4/c1-19-8-5-14(23)11-13(19)3-4-16-15-6-9-21(10-7-18(24)26-21)20(15,2)12-17-22(16,19)25-17/h3-4,11,15-17H,5-10,12H2,1-2H3/t15-,16-,17-,19?,20-,21+,22?/m0/s1. The molecule has 2 spiro atoms. The van der Waals surface area contributed by atoms with Crippen LogP contribution in [0.3, 0.4) is 0 Å². The first-order chi connectivity index (χ1) is 12.3. The van der Waals surface area contributed by atoms with Gasteiger partial charge in [0, 0.05) is 29.6 Å². The Morgan fingerprint density at radius 3 is 2.73 bits per heavy atom. The summed E-state index contributed by atoms with van der Waals surface area (Å²) in [6.07, 6.45) is 12.6. The van der Waals surface area contributed by atoms with Crippen molar-refractivity contribution in [3.05, 3.63) is 23.8 Å².